The predicted octanol–water partition coefficient (Wildman–Crippen LogP) is 1.37. The van der Waals surface area contributed by atoms with Gasteiger partial charge in [-0.25, -0.2) is 0 Å². The van der Waals surface area contributed by atoms with Gasteiger partial charge in [-0.1, -0.05) is 0 Å². The summed E-state index contributed by atoms with van der Waals surface area (Å²) >= 11 is 1.37. The molecule has 0 nitrogen and oxygen atoms in total. The summed E-state index contributed by atoms with van der Waals surface area (Å²) in [6.07, 6.45) is 1.37. The van der Waals surface area contributed by atoms with Crippen LogP contribution in [0.1, 0.15) is 20.3 Å². The molecule has 0 aromatic rings. The van der Waals surface area contributed by atoms with Crippen molar-refractivity contribution in [3.63, 3.8) is 0 Å². The standard InChI is InChI=1S/C4H9.Na/c1-3-4-2;/h3H,4H2,1-2H3;. The van der Waals surface area contributed by atoms with E-state index in [4.69, 9.17) is 0 Å². The van der Waals surface area contributed by atoms with Crippen LogP contribution in [-0.4, -0.2) is 27.9 Å². The van der Waals surface area contributed by atoms with E-state index in [1.54, 1.807) is 0 Å². The zero-order valence-corrected chi connectivity index (χ0v) is 6.28. The first-order valence-corrected chi connectivity index (χ1v) is 3.42. The van der Waals surface area contributed by atoms with Crippen molar-refractivity contribution in [1.82, 2.24) is 0 Å². The van der Waals surface area contributed by atoms with Crippen molar-refractivity contribution in [3.05, 3.63) is 0 Å². The molecule has 0 aromatic carbocycles. The van der Waals surface area contributed by atoms with Crippen molar-refractivity contribution in [2.45, 2.75) is 23.4 Å². The average Bonchev–Trinajstić information content (AvgIpc) is 1.38. The Morgan fingerprint density at radius 2 is 2.00 bits per heavy atom. The van der Waals surface area contributed by atoms with Gasteiger partial charge in [-0.15, -0.1) is 0 Å². The molecule has 1 atom stereocenters. The van der Waals surface area contributed by atoms with Crippen LogP contribution in [0.15, 0.2) is 0 Å². The topological polar surface area (TPSA) is 0 Å². The molecule has 1 heteroatoms. The summed E-state index contributed by atoms with van der Waals surface area (Å²) in [6, 6.07) is 0. The SMILES string of the molecule is CC[CH](C)[Na]. The number of hydrogen-bond donors (Lipinski definition) is 0. The molecular formula is C4H9Na. The van der Waals surface area contributed by atoms with Crippen LogP contribution < -0.4 is 0 Å². The van der Waals surface area contributed by atoms with Crippen molar-refractivity contribution in [2.24, 2.45) is 0 Å². The Hall–Kier alpha value is 1.00. The molecule has 0 fully saturated rings. The molecule has 0 bridgehead atoms. The van der Waals surface area contributed by atoms with E-state index in [9.17, 15) is 0 Å². The third-order valence-corrected chi connectivity index (χ3v) is 1.63. The normalized spacial score (nSPS) is 15.2. The first-order valence-electron chi connectivity index (χ1n) is 2.27. The van der Waals surface area contributed by atoms with Crippen molar-refractivity contribution >= 4 is 27.9 Å². The second-order valence-electron chi connectivity index (χ2n) is 1.80. The molecular weight excluding hydrogens is 71.0 g/mol. The maximum atomic E-state index is 2.28. The zero-order valence-electron chi connectivity index (χ0n) is 4.28. The summed E-state index contributed by atoms with van der Waals surface area (Å²) in [7, 11) is 0. The average molecular weight is 80.1 g/mol. The molecule has 0 radical (unpaired) electrons. The van der Waals surface area contributed by atoms with E-state index >= 15 is 0 Å². The van der Waals surface area contributed by atoms with Crippen LogP contribution in [0.4, 0.5) is 0 Å². The molecule has 26 valence electrons. The molecule has 0 aromatic heterocycles. The summed E-state index contributed by atoms with van der Waals surface area (Å²) in [5.41, 5.74) is 0. The Labute approximate surface area is 51.4 Å². The van der Waals surface area contributed by atoms with E-state index < -0.39 is 0 Å². The van der Waals surface area contributed by atoms with Gasteiger partial charge in [-0.05, 0) is 0 Å². The van der Waals surface area contributed by atoms with Crippen LogP contribution in [0.5, 0.6) is 0 Å². The molecule has 0 aliphatic carbocycles. The van der Waals surface area contributed by atoms with Crippen molar-refractivity contribution < 1.29 is 0 Å². The molecule has 0 spiro atoms. The van der Waals surface area contributed by atoms with Crippen LogP contribution in [-0.2, 0) is 0 Å². The molecule has 0 amide bonds. The van der Waals surface area contributed by atoms with Crippen molar-refractivity contribution in [3.8, 4) is 0 Å². The van der Waals surface area contributed by atoms with Gasteiger partial charge >= 0.3 is 51.4 Å². The monoisotopic (exact) mass is 80.1 g/mol. The van der Waals surface area contributed by atoms with Gasteiger partial charge in [0.15, 0.2) is 0 Å². The van der Waals surface area contributed by atoms with Gasteiger partial charge in [-0.2, -0.15) is 0 Å². The molecule has 0 saturated heterocycles. The Kier molecular flexibility index (Phi) is 3.84. The molecule has 0 aliphatic rings. The molecule has 1 unspecified atom stereocenters. The molecule has 5 heavy (non-hydrogen) atoms. The molecule has 0 heterocycles. The fourth-order valence-corrected chi connectivity index (χ4v) is 0. The second-order valence-corrected chi connectivity index (χ2v) is 3.77. The summed E-state index contributed by atoms with van der Waals surface area (Å²) in [6.45, 7) is 4.52. The summed E-state index contributed by atoms with van der Waals surface area (Å²) in [4.78, 5) is 0. The van der Waals surface area contributed by atoms with E-state index in [1.165, 1.54) is 34.4 Å². The zero-order chi connectivity index (χ0) is 4.28. The third-order valence-electron chi connectivity index (χ3n) is 0.816. The van der Waals surface area contributed by atoms with Crippen LogP contribution in [0.25, 0.3) is 0 Å². The molecule has 0 rings (SSSR count). The van der Waals surface area contributed by atoms with Crippen molar-refractivity contribution in [2.75, 3.05) is 0 Å². The maximum absolute atomic E-state index is 2.28. The molecule has 0 aliphatic heterocycles. The second kappa shape index (κ2) is 3.20. The number of hydrogen-bond acceptors (Lipinski definition) is 0. The first kappa shape index (κ1) is 6.00. The molecule has 0 saturated carbocycles. The fraction of sp³-hybridized carbons (Fsp3) is 1.00. The Morgan fingerprint density at radius 1 is 1.80 bits per heavy atom. The summed E-state index contributed by atoms with van der Waals surface area (Å²) < 4.78 is 1.02. The Balaban J connectivity index is 2.54. The van der Waals surface area contributed by atoms with Crippen LogP contribution in [0, 0.1) is 0 Å². The van der Waals surface area contributed by atoms with Gasteiger partial charge in [0.2, 0.25) is 0 Å². The summed E-state index contributed by atoms with van der Waals surface area (Å²) in [5.74, 6) is 0. The minimum atomic E-state index is 1.02. The Bertz CT molecular complexity index is 17.6. The molecule has 0 N–H and O–H groups in total. The van der Waals surface area contributed by atoms with E-state index in [1.807, 2.05) is 0 Å². The Morgan fingerprint density at radius 3 is 2.00 bits per heavy atom. The quantitative estimate of drug-likeness (QED) is 0.417. The van der Waals surface area contributed by atoms with Gasteiger partial charge in [0, 0.05) is 0 Å². The van der Waals surface area contributed by atoms with Gasteiger partial charge in [0.25, 0.3) is 0 Å². The van der Waals surface area contributed by atoms with Crippen LogP contribution in [0.2, 0.25) is 3.17 Å². The first-order chi connectivity index (χ1) is 2.27. The van der Waals surface area contributed by atoms with Gasteiger partial charge in [-0.3, -0.25) is 0 Å². The van der Waals surface area contributed by atoms with E-state index in [-0.39, 0.29) is 0 Å². The third kappa shape index (κ3) is 5.00. The van der Waals surface area contributed by atoms with Gasteiger partial charge in [0.05, 0.1) is 0 Å². The van der Waals surface area contributed by atoms with E-state index in [0.29, 0.717) is 0 Å². The fourth-order valence-electron chi connectivity index (χ4n) is 0. The predicted molar refractivity (Wildman–Crippen MR) is 25.5 cm³/mol. The van der Waals surface area contributed by atoms with Crippen LogP contribution in [0.3, 0.4) is 0 Å². The van der Waals surface area contributed by atoms with E-state index in [2.05, 4.69) is 13.8 Å². The van der Waals surface area contributed by atoms with Gasteiger partial charge < -0.3 is 0 Å². The van der Waals surface area contributed by atoms with Gasteiger partial charge in [0.1, 0.15) is 0 Å². The summed E-state index contributed by atoms with van der Waals surface area (Å²) in [5, 5.41) is 0. The minimum absolute atomic E-state index is 1.02. The van der Waals surface area contributed by atoms with E-state index in [0.717, 1.165) is 3.17 Å². The number of rotatable bonds is 1. The van der Waals surface area contributed by atoms with Crippen LogP contribution >= 0.6 is 0 Å². The van der Waals surface area contributed by atoms with Crippen molar-refractivity contribution in [1.29, 1.82) is 0 Å².